The first-order valence-corrected chi connectivity index (χ1v) is 7.47. The fourth-order valence-corrected chi connectivity index (χ4v) is 3.12. The normalized spacial score (nSPS) is 13.8. The van der Waals surface area contributed by atoms with Crippen LogP contribution in [0.3, 0.4) is 0 Å². The number of rotatable bonds is 4. The maximum atomic E-state index is 5.93. The molecular formula is C17H22N2O. The molecule has 0 fully saturated rings. The van der Waals surface area contributed by atoms with Gasteiger partial charge >= 0.3 is 0 Å². The highest BCUT2D eigenvalue weighted by Crippen LogP contribution is 2.37. The van der Waals surface area contributed by atoms with Gasteiger partial charge in [-0.15, -0.1) is 0 Å². The zero-order chi connectivity index (χ0) is 14.1. The van der Waals surface area contributed by atoms with E-state index in [0.29, 0.717) is 13.2 Å². The van der Waals surface area contributed by atoms with Gasteiger partial charge in [0.1, 0.15) is 5.75 Å². The molecule has 0 saturated carbocycles. The molecular weight excluding hydrogens is 248 g/mol. The highest BCUT2D eigenvalue weighted by atomic mass is 16.5. The maximum Gasteiger partial charge on any atom is 0.123 e. The molecule has 1 heterocycles. The van der Waals surface area contributed by atoms with Crippen molar-refractivity contribution in [1.29, 1.82) is 0 Å². The second-order valence-corrected chi connectivity index (χ2v) is 5.58. The van der Waals surface area contributed by atoms with E-state index in [1.165, 1.54) is 28.5 Å². The van der Waals surface area contributed by atoms with Gasteiger partial charge in [0.25, 0.3) is 0 Å². The molecule has 0 unspecified atom stereocenters. The van der Waals surface area contributed by atoms with Crippen LogP contribution in [0.5, 0.6) is 5.75 Å². The first-order chi connectivity index (χ1) is 9.72. The summed E-state index contributed by atoms with van der Waals surface area (Å²) in [6.07, 6.45) is 4.34. The molecule has 0 saturated heterocycles. The van der Waals surface area contributed by atoms with Crippen LogP contribution < -0.4 is 10.5 Å². The number of ether oxygens (including phenoxy) is 1. The lowest BCUT2D eigenvalue weighted by molar-refractivity contribution is 0.310. The predicted octanol–water partition coefficient (Wildman–Crippen LogP) is 3.07. The Hall–Kier alpha value is -1.61. The number of nitrogens with zero attached hydrogens (tertiary/aromatic N) is 1. The summed E-state index contributed by atoms with van der Waals surface area (Å²) >= 11 is 0. The number of hydrogen-bond donors (Lipinski definition) is 1. The van der Waals surface area contributed by atoms with Gasteiger partial charge in [-0.1, -0.05) is 0 Å². The molecule has 106 valence electrons. The summed E-state index contributed by atoms with van der Waals surface area (Å²) in [6, 6.07) is 4.17. The fourth-order valence-electron chi connectivity index (χ4n) is 3.12. The Kier molecular flexibility index (Phi) is 3.62. The van der Waals surface area contributed by atoms with Gasteiger partial charge in [-0.3, -0.25) is 4.98 Å². The van der Waals surface area contributed by atoms with E-state index in [1.807, 2.05) is 0 Å². The lowest BCUT2D eigenvalue weighted by atomic mass is 9.87. The van der Waals surface area contributed by atoms with Crippen molar-refractivity contribution in [1.82, 2.24) is 4.98 Å². The van der Waals surface area contributed by atoms with Crippen LogP contribution in [0.4, 0.5) is 0 Å². The number of hydrogen-bond acceptors (Lipinski definition) is 3. The average molecular weight is 270 g/mol. The maximum absolute atomic E-state index is 5.93. The molecule has 1 aliphatic carbocycles. The summed E-state index contributed by atoms with van der Waals surface area (Å²) < 4.78 is 5.93. The van der Waals surface area contributed by atoms with E-state index in [4.69, 9.17) is 15.5 Å². The zero-order valence-electron chi connectivity index (χ0n) is 12.3. The van der Waals surface area contributed by atoms with Crippen LogP contribution >= 0.6 is 0 Å². The Labute approximate surface area is 120 Å². The minimum Gasteiger partial charge on any atom is -0.493 e. The Morgan fingerprint density at radius 1 is 1.20 bits per heavy atom. The van der Waals surface area contributed by atoms with Crippen LogP contribution in [-0.2, 0) is 12.8 Å². The average Bonchev–Trinajstić information content (AvgIpc) is 2.47. The Morgan fingerprint density at radius 2 is 2.00 bits per heavy atom. The summed E-state index contributed by atoms with van der Waals surface area (Å²) in [7, 11) is 0. The minimum atomic E-state index is 0.675. The molecule has 1 aromatic carbocycles. The van der Waals surface area contributed by atoms with Gasteiger partial charge in [0.05, 0.1) is 12.1 Å². The van der Waals surface area contributed by atoms with Gasteiger partial charge in [-0.2, -0.15) is 0 Å². The first-order valence-electron chi connectivity index (χ1n) is 7.47. The van der Waals surface area contributed by atoms with Gasteiger partial charge in [0.15, 0.2) is 0 Å². The molecule has 20 heavy (non-hydrogen) atoms. The van der Waals surface area contributed by atoms with E-state index in [1.54, 1.807) is 0 Å². The molecule has 0 atom stereocenters. The molecule has 2 N–H and O–H groups in total. The van der Waals surface area contributed by atoms with Crippen LogP contribution in [0.15, 0.2) is 12.1 Å². The summed E-state index contributed by atoms with van der Waals surface area (Å²) in [5, 5.41) is 1.34. The van der Waals surface area contributed by atoms with Gasteiger partial charge in [0, 0.05) is 16.6 Å². The van der Waals surface area contributed by atoms with Crippen LogP contribution in [0, 0.1) is 13.8 Å². The highest BCUT2D eigenvalue weighted by Gasteiger charge is 2.20. The van der Waals surface area contributed by atoms with Crippen molar-refractivity contribution in [2.45, 2.75) is 39.5 Å². The summed E-state index contributed by atoms with van der Waals surface area (Å²) in [6.45, 7) is 5.66. The SMILES string of the molecule is Cc1nc2ccc(OCCCN)c3c2c(c1C)CCC3. The number of pyridine rings is 1. The molecule has 1 aromatic heterocycles. The number of nitrogens with two attached hydrogens (primary N) is 1. The van der Waals surface area contributed by atoms with E-state index in [2.05, 4.69) is 26.0 Å². The lowest BCUT2D eigenvalue weighted by Gasteiger charge is -2.22. The van der Waals surface area contributed by atoms with E-state index < -0.39 is 0 Å². The smallest absolute Gasteiger partial charge is 0.123 e. The van der Waals surface area contributed by atoms with Crippen LogP contribution in [0.1, 0.15) is 35.2 Å². The molecule has 3 heteroatoms. The molecule has 1 aliphatic rings. The second-order valence-electron chi connectivity index (χ2n) is 5.58. The fraction of sp³-hybridized carbons (Fsp3) is 0.471. The standard InChI is InChI=1S/C17H22N2O/c1-11-12(2)19-15-7-8-16(20-10-4-9-18)14-6-3-5-13(11)17(14)15/h7-8H,3-6,9-10,18H2,1-2H3. The third-order valence-electron chi connectivity index (χ3n) is 4.29. The minimum absolute atomic E-state index is 0.675. The first kappa shape index (κ1) is 13.4. The zero-order valence-corrected chi connectivity index (χ0v) is 12.3. The van der Waals surface area contributed by atoms with Gasteiger partial charge < -0.3 is 10.5 Å². The molecule has 0 spiro atoms. The van der Waals surface area contributed by atoms with Gasteiger partial charge in [-0.05, 0) is 69.3 Å². The molecule has 3 rings (SSSR count). The van der Waals surface area contributed by atoms with Crippen molar-refractivity contribution in [3.05, 3.63) is 34.5 Å². The highest BCUT2D eigenvalue weighted by molar-refractivity contribution is 5.89. The Bertz CT molecular complexity index is 649. The molecule has 2 aromatic rings. The number of benzene rings is 1. The van der Waals surface area contributed by atoms with Crippen molar-refractivity contribution < 1.29 is 4.74 Å². The predicted molar refractivity (Wildman–Crippen MR) is 82.4 cm³/mol. The third kappa shape index (κ3) is 2.16. The van der Waals surface area contributed by atoms with Gasteiger partial charge in [0.2, 0.25) is 0 Å². The quantitative estimate of drug-likeness (QED) is 0.869. The monoisotopic (exact) mass is 270 g/mol. The molecule has 0 bridgehead atoms. The van der Waals surface area contributed by atoms with Crippen molar-refractivity contribution >= 4 is 10.9 Å². The number of aryl methyl sites for hydroxylation is 3. The molecule has 0 radical (unpaired) electrons. The largest absolute Gasteiger partial charge is 0.493 e. The Balaban J connectivity index is 2.13. The summed E-state index contributed by atoms with van der Waals surface area (Å²) in [5.41, 5.74) is 12.0. The van der Waals surface area contributed by atoms with Gasteiger partial charge in [-0.25, -0.2) is 0 Å². The third-order valence-corrected chi connectivity index (χ3v) is 4.29. The van der Waals surface area contributed by atoms with E-state index in [-0.39, 0.29) is 0 Å². The summed E-state index contributed by atoms with van der Waals surface area (Å²) in [4.78, 5) is 4.74. The number of aromatic nitrogens is 1. The molecule has 0 amide bonds. The van der Waals surface area contributed by atoms with Crippen molar-refractivity contribution in [2.75, 3.05) is 13.2 Å². The van der Waals surface area contributed by atoms with Crippen molar-refractivity contribution in [2.24, 2.45) is 5.73 Å². The van der Waals surface area contributed by atoms with Crippen LogP contribution in [-0.4, -0.2) is 18.1 Å². The topological polar surface area (TPSA) is 48.1 Å². The molecule has 3 nitrogen and oxygen atoms in total. The van der Waals surface area contributed by atoms with E-state index in [0.717, 1.165) is 36.2 Å². The van der Waals surface area contributed by atoms with Crippen molar-refractivity contribution in [3.8, 4) is 5.75 Å². The van der Waals surface area contributed by atoms with Crippen LogP contribution in [0.2, 0.25) is 0 Å². The lowest BCUT2D eigenvalue weighted by Crippen LogP contribution is -2.11. The second kappa shape index (κ2) is 5.41. The molecule has 0 aliphatic heterocycles. The van der Waals surface area contributed by atoms with Crippen molar-refractivity contribution in [3.63, 3.8) is 0 Å². The Morgan fingerprint density at radius 3 is 2.80 bits per heavy atom. The van der Waals surface area contributed by atoms with E-state index in [9.17, 15) is 0 Å². The van der Waals surface area contributed by atoms with Crippen LogP contribution in [0.25, 0.3) is 10.9 Å². The summed E-state index contributed by atoms with van der Waals surface area (Å²) in [5.74, 6) is 1.02. The van der Waals surface area contributed by atoms with E-state index >= 15 is 0 Å².